The van der Waals surface area contributed by atoms with Gasteiger partial charge in [-0.1, -0.05) is 0 Å². The fraction of sp³-hybridized carbons (Fsp3) is 0. The number of rotatable bonds is 1. The van der Waals surface area contributed by atoms with E-state index in [-0.39, 0.29) is 10.2 Å². The first-order valence-corrected chi connectivity index (χ1v) is 4.08. The first-order valence-electron chi connectivity index (χ1n) is 2.88. The van der Waals surface area contributed by atoms with Crippen molar-refractivity contribution in [2.45, 2.75) is 0 Å². The molecule has 0 heterocycles. The van der Waals surface area contributed by atoms with E-state index in [1.165, 1.54) is 6.07 Å². The van der Waals surface area contributed by atoms with Crippen molar-refractivity contribution in [1.82, 2.24) is 0 Å². The van der Waals surface area contributed by atoms with Crippen LogP contribution in [-0.4, -0.2) is 5.16 Å². The van der Waals surface area contributed by atoms with Crippen LogP contribution in [0.25, 0.3) is 0 Å². The van der Waals surface area contributed by atoms with Crippen LogP contribution in [0.1, 0.15) is 0 Å². The minimum atomic E-state index is -0.771. The lowest BCUT2D eigenvalue weighted by Gasteiger charge is -1.97. The molecule has 0 N–H and O–H groups in total. The summed E-state index contributed by atoms with van der Waals surface area (Å²) in [6, 6.07) is 2.29. The van der Waals surface area contributed by atoms with Gasteiger partial charge < -0.3 is 0 Å². The lowest BCUT2D eigenvalue weighted by Crippen LogP contribution is -1.83. The molecule has 0 bridgehead atoms. The van der Waals surface area contributed by atoms with Crippen molar-refractivity contribution in [2.75, 3.05) is 0 Å². The molecule has 5 heteroatoms. The average Bonchev–Trinajstić information content (AvgIpc) is 2.07. The van der Waals surface area contributed by atoms with Crippen molar-refractivity contribution < 1.29 is 8.78 Å². The topological polar surface area (TPSA) is 12.4 Å². The summed E-state index contributed by atoms with van der Waals surface area (Å²) in [5, 5.41) is 2.00. The highest BCUT2D eigenvalue weighted by Gasteiger charge is 2.09. The van der Waals surface area contributed by atoms with Gasteiger partial charge in [0.2, 0.25) is 0 Å². The molecule has 0 radical (unpaired) electrons. The Kier molecular flexibility index (Phi) is 3.03. The summed E-state index contributed by atoms with van der Waals surface area (Å²) in [6.45, 7) is 0. The molecule has 0 aliphatic carbocycles. The van der Waals surface area contributed by atoms with E-state index < -0.39 is 11.6 Å². The highest BCUT2D eigenvalue weighted by molar-refractivity contribution is 9.10. The Bertz CT molecular complexity index is 361. The van der Waals surface area contributed by atoms with Gasteiger partial charge in [-0.05, 0) is 40.3 Å². The first kappa shape index (κ1) is 9.45. The summed E-state index contributed by atoms with van der Waals surface area (Å²) < 4.78 is 25.4. The highest BCUT2D eigenvalue weighted by Crippen LogP contribution is 2.27. The zero-order valence-corrected chi connectivity index (χ0v) is 8.05. The Balaban J connectivity index is 3.35. The van der Waals surface area contributed by atoms with E-state index in [4.69, 9.17) is 0 Å². The van der Waals surface area contributed by atoms with Gasteiger partial charge in [0.25, 0.3) is 0 Å². The molecule has 1 aromatic rings. The van der Waals surface area contributed by atoms with Crippen molar-refractivity contribution in [3.8, 4) is 0 Å². The average molecular weight is 250 g/mol. The summed E-state index contributed by atoms with van der Waals surface area (Å²) >= 11 is 7.01. The van der Waals surface area contributed by atoms with Gasteiger partial charge in [0, 0.05) is 0 Å². The molecule has 0 atom stereocenters. The largest absolute Gasteiger partial charge is 0.206 e. The Hall–Kier alpha value is -0.640. The van der Waals surface area contributed by atoms with Gasteiger partial charge in [0.1, 0.15) is 11.5 Å². The molecule has 0 saturated carbocycles. The molecule has 0 spiro atoms. The molecule has 1 aromatic carbocycles. The van der Waals surface area contributed by atoms with Crippen molar-refractivity contribution in [3.63, 3.8) is 0 Å². The Morgan fingerprint density at radius 1 is 1.42 bits per heavy atom. The van der Waals surface area contributed by atoms with Crippen LogP contribution in [0.4, 0.5) is 14.5 Å². The van der Waals surface area contributed by atoms with Crippen molar-refractivity contribution in [2.24, 2.45) is 4.99 Å². The smallest absolute Gasteiger partial charge is 0.166 e. The third-order valence-corrected chi connectivity index (χ3v) is 2.00. The van der Waals surface area contributed by atoms with Crippen LogP contribution in [0.2, 0.25) is 0 Å². The summed E-state index contributed by atoms with van der Waals surface area (Å²) in [4.78, 5) is 3.40. The van der Waals surface area contributed by atoms with Gasteiger partial charge in [0.15, 0.2) is 5.82 Å². The highest BCUT2D eigenvalue weighted by atomic mass is 79.9. The fourth-order valence-electron chi connectivity index (χ4n) is 0.651. The first-order chi connectivity index (χ1) is 5.66. The zero-order chi connectivity index (χ0) is 9.14. The maximum Gasteiger partial charge on any atom is 0.166 e. The number of halogens is 3. The second-order valence-electron chi connectivity index (χ2n) is 1.90. The van der Waals surface area contributed by atoms with E-state index in [9.17, 15) is 8.78 Å². The lowest BCUT2D eigenvalue weighted by atomic mass is 10.3. The molecule has 0 saturated heterocycles. The molecule has 1 nitrogen and oxygen atoms in total. The van der Waals surface area contributed by atoms with Crippen LogP contribution in [0.15, 0.2) is 21.6 Å². The maximum atomic E-state index is 13.0. The van der Waals surface area contributed by atoms with Crippen LogP contribution < -0.4 is 0 Å². The van der Waals surface area contributed by atoms with Gasteiger partial charge in [-0.15, -0.1) is 0 Å². The number of hydrogen-bond acceptors (Lipinski definition) is 2. The quantitative estimate of drug-likeness (QED) is 0.422. The number of thiocarbonyl (C=S) groups is 1. The maximum absolute atomic E-state index is 13.0. The van der Waals surface area contributed by atoms with Gasteiger partial charge in [-0.2, -0.15) is 4.99 Å². The number of aliphatic imine (C=N–C) groups is 1. The molecule has 62 valence electrons. The van der Waals surface area contributed by atoms with Crippen LogP contribution >= 0.6 is 28.1 Å². The molecule has 0 fully saturated rings. The van der Waals surface area contributed by atoms with Crippen LogP contribution in [0.3, 0.4) is 0 Å². The Labute approximate surface area is 81.2 Å². The molecule has 0 aliphatic heterocycles. The van der Waals surface area contributed by atoms with Gasteiger partial charge in [0.05, 0.1) is 9.63 Å². The number of hydrogen-bond donors (Lipinski definition) is 0. The molecule has 0 unspecified atom stereocenters. The van der Waals surface area contributed by atoms with E-state index in [0.29, 0.717) is 0 Å². The van der Waals surface area contributed by atoms with Crippen molar-refractivity contribution >= 4 is 39.0 Å². The van der Waals surface area contributed by atoms with Crippen LogP contribution in [0.5, 0.6) is 0 Å². The third-order valence-electron chi connectivity index (χ3n) is 1.18. The normalized spacial score (nSPS) is 9.25. The summed E-state index contributed by atoms with van der Waals surface area (Å²) in [6.07, 6.45) is 0. The molecular formula is C7H2BrF2NS. The van der Waals surface area contributed by atoms with Gasteiger partial charge >= 0.3 is 0 Å². The number of nitrogens with zero attached hydrogens (tertiary/aromatic N) is 1. The predicted molar refractivity (Wildman–Crippen MR) is 48.7 cm³/mol. The Morgan fingerprint density at radius 2 is 2.08 bits per heavy atom. The molecule has 0 amide bonds. The van der Waals surface area contributed by atoms with E-state index in [1.807, 2.05) is 5.16 Å². The van der Waals surface area contributed by atoms with Crippen LogP contribution in [0, 0.1) is 11.6 Å². The summed E-state index contributed by atoms with van der Waals surface area (Å²) in [5.74, 6) is -1.44. The zero-order valence-electron chi connectivity index (χ0n) is 5.64. The molecule has 0 aromatic heterocycles. The van der Waals surface area contributed by atoms with E-state index in [1.54, 1.807) is 0 Å². The number of isothiocyanates is 1. The van der Waals surface area contributed by atoms with E-state index >= 15 is 0 Å². The minimum Gasteiger partial charge on any atom is -0.206 e. The monoisotopic (exact) mass is 249 g/mol. The van der Waals surface area contributed by atoms with Crippen molar-refractivity contribution in [3.05, 3.63) is 28.2 Å². The molecule has 0 aliphatic rings. The minimum absolute atomic E-state index is 0.0294. The molecular weight excluding hydrogens is 248 g/mol. The third kappa shape index (κ3) is 1.75. The van der Waals surface area contributed by atoms with E-state index in [0.717, 1.165) is 6.07 Å². The van der Waals surface area contributed by atoms with E-state index in [2.05, 4.69) is 33.1 Å². The van der Waals surface area contributed by atoms with Gasteiger partial charge in [-0.3, -0.25) is 0 Å². The molecule has 12 heavy (non-hydrogen) atoms. The number of benzene rings is 1. The molecule has 1 rings (SSSR count). The Morgan fingerprint density at radius 3 is 2.67 bits per heavy atom. The van der Waals surface area contributed by atoms with Crippen molar-refractivity contribution in [1.29, 1.82) is 0 Å². The van der Waals surface area contributed by atoms with Crippen LogP contribution in [-0.2, 0) is 0 Å². The SMILES string of the molecule is Fc1ccc(N=C=S)c(F)c1Br. The summed E-state index contributed by atoms with van der Waals surface area (Å²) in [5.41, 5.74) is -0.0294. The summed E-state index contributed by atoms with van der Waals surface area (Å²) in [7, 11) is 0. The van der Waals surface area contributed by atoms with Gasteiger partial charge in [-0.25, -0.2) is 8.78 Å². The lowest BCUT2D eigenvalue weighted by molar-refractivity contribution is 0.573. The standard InChI is InChI=1S/C7H2BrF2NS/c8-6-4(9)1-2-5(7(6)10)11-3-12/h1-2H. The second-order valence-corrected chi connectivity index (χ2v) is 2.87. The second kappa shape index (κ2) is 3.85. The predicted octanol–water partition coefficient (Wildman–Crippen LogP) is 3.46. The fourth-order valence-corrected chi connectivity index (χ4v) is 1.08.